The lowest BCUT2D eigenvalue weighted by Crippen LogP contribution is -2.39. The first-order valence-electron chi connectivity index (χ1n) is 7.08. The summed E-state index contributed by atoms with van der Waals surface area (Å²) in [5.74, 6) is 0. The zero-order valence-electron chi connectivity index (χ0n) is 11.8. The number of anilines is 1. The van der Waals surface area contributed by atoms with Crippen molar-refractivity contribution >= 4 is 15.7 Å². The van der Waals surface area contributed by atoms with Gasteiger partial charge < -0.3 is 11.1 Å². The molecule has 1 saturated carbocycles. The van der Waals surface area contributed by atoms with Gasteiger partial charge in [0, 0.05) is 17.8 Å². The van der Waals surface area contributed by atoms with Crippen molar-refractivity contribution in [1.82, 2.24) is 4.72 Å². The van der Waals surface area contributed by atoms with Gasteiger partial charge in [-0.1, -0.05) is 19.3 Å². The molecule has 0 amide bonds. The van der Waals surface area contributed by atoms with E-state index in [-0.39, 0.29) is 17.0 Å². The van der Waals surface area contributed by atoms with Gasteiger partial charge in [-0.3, -0.25) is 0 Å². The normalized spacial score (nSPS) is 24.1. The standard InChI is InChI=1S/C14H23N3O2S/c1-16-20(18,19)12-9-7-11(8-10-12)17-14-6-4-2-3-5-13(14)15/h7-10,13-14,16-17H,2-6,15H2,1H3. The summed E-state index contributed by atoms with van der Waals surface area (Å²) in [6, 6.07) is 7.23. The zero-order chi connectivity index (χ0) is 14.6. The van der Waals surface area contributed by atoms with Crippen molar-refractivity contribution in [3.63, 3.8) is 0 Å². The first-order chi connectivity index (χ1) is 9.53. The molecule has 0 heterocycles. The number of sulfonamides is 1. The van der Waals surface area contributed by atoms with Gasteiger partial charge in [0.2, 0.25) is 10.0 Å². The topological polar surface area (TPSA) is 84.2 Å². The third kappa shape index (κ3) is 3.71. The van der Waals surface area contributed by atoms with Crippen molar-refractivity contribution in [3.8, 4) is 0 Å². The first-order valence-corrected chi connectivity index (χ1v) is 8.57. The van der Waals surface area contributed by atoms with Crippen LogP contribution in [0.25, 0.3) is 0 Å². The zero-order valence-corrected chi connectivity index (χ0v) is 12.6. The van der Waals surface area contributed by atoms with Gasteiger partial charge in [0.25, 0.3) is 0 Å². The summed E-state index contributed by atoms with van der Waals surface area (Å²) in [5, 5.41) is 3.43. The van der Waals surface area contributed by atoms with E-state index in [1.165, 1.54) is 26.3 Å². The Morgan fingerprint density at radius 1 is 1.10 bits per heavy atom. The van der Waals surface area contributed by atoms with E-state index >= 15 is 0 Å². The lowest BCUT2D eigenvalue weighted by Gasteiger charge is -2.24. The molecule has 112 valence electrons. The van der Waals surface area contributed by atoms with Gasteiger partial charge in [0.05, 0.1) is 4.90 Å². The molecule has 2 atom stereocenters. The minimum absolute atomic E-state index is 0.165. The van der Waals surface area contributed by atoms with E-state index < -0.39 is 10.0 Å². The molecule has 2 unspecified atom stereocenters. The number of benzene rings is 1. The highest BCUT2D eigenvalue weighted by molar-refractivity contribution is 7.89. The molecule has 0 spiro atoms. The highest BCUT2D eigenvalue weighted by atomic mass is 32.2. The molecular formula is C14H23N3O2S. The molecule has 0 radical (unpaired) electrons. The Hall–Kier alpha value is -1.11. The van der Waals surface area contributed by atoms with Gasteiger partial charge in [-0.15, -0.1) is 0 Å². The second-order valence-corrected chi connectivity index (χ2v) is 7.17. The molecule has 1 aromatic rings. The number of rotatable bonds is 4. The minimum atomic E-state index is -3.37. The van der Waals surface area contributed by atoms with E-state index in [0.29, 0.717) is 0 Å². The largest absolute Gasteiger partial charge is 0.381 e. The average molecular weight is 297 g/mol. The Bertz CT molecular complexity index is 528. The fourth-order valence-electron chi connectivity index (χ4n) is 2.58. The summed E-state index contributed by atoms with van der Waals surface area (Å²) >= 11 is 0. The molecule has 20 heavy (non-hydrogen) atoms. The van der Waals surface area contributed by atoms with Crippen LogP contribution in [-0.2, 0) is 10.0 Å². The predicted octanol–water partition coefficient (Wildman–Crippen LogP) is 1.67. The van der Waals surface area contributed by atoms with E-state index in [0.717, 1.165) is 18.5 Å². The minimum Gasteiger partial charge on any atom is -0.381 e. The molecule has 0 aromatic heterocycles. The Kier molecular flexibility index (Phi) is 5.01. The Morgan fingerprint density at radius 2 is 1.75 bits per heavy atom. The third-order valence-corrected chi connectivity index (χ3v) is 5.29. The fourth-order valence-corrected chi connectivity index (χ4v) is 3.31. The monoisotopic (exact) mass is 297 g/mol. The van der Waals surface area contributed by atoms with E-state index in [1.54, 1.807) is 24.3 Å². The Labute approximate surface area is 121 Å². The highest BCUT2D eigenvalue weighted by Gasteiger charge is 2.20. The molecule has 0 saturated heterocycles. The number of hydrogen-bond donors (Lipinski definition) is 3. The van der Waals surface area contributed by atoms with Gasteiger partial charge in [0.15, 0.2) is 0 Å². The van der Waals surface area contributed by atoms with Crippen LogP contribution in [0.15, 0.2) is 29.2 Å². The second-order valence-electron chi connectivity index (χ2n) is 5.28. The van der Waals surface area contributed by atoms with E-state index in [9.17, 15) is 8.42 Å². The van der Waals surface area contributed by atoms with E-state index in [2.05, 4.69) is 10.0 Å². The van der Waals surface area contributed by atoms with Crippen LogP contribution in [0.4, 0.5) is 5.69 Å². The summed E-state index contributed by atoms with van der Waals surface area (Å²) in [6.45, 7) is 0. The SMILES string of the molecule is CNS(=O)(=O)c1ccc(NC2CCCCCC2N)cc1. The molecule has 6 heteroatoms. The summed E-state index contributed by atoms with van der Waals surface area (Å²) in [4.78, 5) is 0.274. The van der Waals surface area contributed by atoms with Crippen LogP contribution < -0.4 is 15.8 Å². The highest BCUT2D eigenvalue weighted by Crippen LogP contribution is 2.21. The van der Waals surface area contributed by atoms with Crippen molar-refractivity contribution in [2.75, 3.05) is 12.4 Å². The van der Waals surface area contributed by atoms with Crippen LogP contribution in [0.2, 0.25) is 0 Å². The van der Waals surface area contributed by atoms with Crippen LogP contribution in [0.1, 0.15) is 32.1 Å². The van der Waals surface area contributed by atoms with E-state index in [4.69, 9.17) is 5.73 Å². The second kappa shape index (κ2) is 6.56. The van der Waals surface area contributed by atoms with Crippen molar-refractivity contribution < 1.29 is 8.42 Å². The summed E-state index contributed by atoms with van der Waals surface area (Å²) in [5.41, 5.74) is 7.10. The quantitative estimate of drug-likeness (QED) is 0.738. The Balaban J connectivity index is 2.07. The molecule has 2 rings (SSSR count). The molecule has 4 N–H and O–H groups in total. The van der Waals surface area contributed by atoms with Gasteiger partial charge in [-0.05, 0) is 44.2 Å². The molecule has 1 aromatic carbocycles. The summed E-state index contributed by atoms with van der Waals surface area (Å²) in [7, 11) is -1.96. The number of nitrogens with one attached hydrogen (secondary N) is 2. The number of nitrogens with two attached hydrogens (primary N) is 1. The fraction of sp³-hybridized carbons (Fsp3) is 0.571. The molecule has 1 aliphatic rings. The van der Waals surface area contributed by atoms with Crippen molar-refractivity contribution in [1.29, 1.82) is 0 Å². The van der Waals surface area contributed by atoms with Crippen LogP contribution in [-0.4, -0.2) is 27.5 Å². The third-order valence-electron chi connectivity index (χ3n) is 3.85. The molecule has 0 bridgehead atoms. The lowest BCUT2D eigenvalue weighted by atomic mass is 10.0. The molecule has 1 fully saturated rings. The van der Waals surface area contributed by atoms with Crippen molar-refractivity contribution in [2.45, 2.75) is 49.1 Å². The summed E-state index contributed by atoms with van der Waals surface area (Å²) in [6.07, 6.45) is 5.74. The molecule has 5 nitrogen and oxygen atoms in total. The first kappa shape index (κ1) is 15.3. The van der Waals surface area contributed by atoms with Gasteiger partial charge in [0.1, 0.15) is 0 Å². The van der Waals surface area contributed by atoms with Gasteiger partial charge in [-0.25, -0.2) is 13.1 Å². The van der Waals surface area contributed by atoms with Crippen LogP contribution in [0, 0.1) is 0 Å². The van der Waals surface area contributed by atoms with Crippen LogP contribution >= 0.6 is 0 Å². The van der Waals surface area contributed by atoms with Crippen LogP contribution in [0.3, 0.4) is 0 Å². The lowest BCUT2D eigenvalue weighted by molar-refractivity contribution is 0.528. The smallest absolute Gasteiger partial charge is 0.240 e. The maximum Gasteiger partial charge on any atom is 0.240 e. The van der Waals surface area contributed by atoms with Gasteiger partial charge >= 0.3 is 0 Å². The predicted molar refractivity (Wildman–Crippen MR) is 81.2 cm³/mol. The summed E-state index contributed by atoms with van der Waals surface area (Å²) < 4.78 is 25.6. The average Bonchev–Trinajstić information content (AvgIpc) is 2.65. The van der Waals surface area contributed by atoms with Crippen molar-refractivity contribution in [3.05, 3.63) is 24.3 Å². The van der Waals surface area contributed by atoms with Crippen molar-refractivity contribution in [2.24, 2.45) is 5.73 Å². The maximum atomic E-state index is 11.6. The molecular weight excluding hydrogens is 274 g/mol. The number of hydrogen-bond acceptors (Lipinski definition) is 4. The van der Waals surface area contributed by atoms with E-state index in [1.807, 2.05) is 0 Å². The molecule has 1 aliphatic carbocycles. The Morgan fingerprint density at radius 3 is 2.40 bits per heavy atom. The maximum absolute atomic E-state index is 11.6. The van der Waals surface area contributed by atoms with Crippen LogP contribution in [0.5, 0.6) is 0 Å². The van der Waals surface area contributed by atoms with Gasteiger partial charge in [-0.2, -0.15) is 0 Å². The molecule has 0 aliphatic heterocycles.